The van der Waals surface area contributed by atoms with Gasteiger partial charge in [0.05, 0.1) is 16.8 Å². The van der Waals surface area contributed by atoms with Crippen molar-refractivity contribution in [2.75, 3.05) is 0 Å². The van der Waals surface area contributed by atoms with Crippen LogP contribution in [-0.2, 0) is 5.41 Å². The van der Waals surface area contributed by atoms with Crippen LogP contribution in [0.4, 0.5) is 0 Å². The number of furan rings is 1. The molecule has 0 N–H and O–H groups in total. The van der Waals surface area contributed by atoms with Crippen LogP contribution >= 0.6 is 0 Å². The van der Waals surface area contributed by atoms with Crippen LogP contribution in [0.25, 0.3) is 77.8 Å². The summed E-state index contributed by atoms with van der Waals surface area (Å²) in [4.78, 5) is 5.20. The molecule has 1 spiro atoms. The van der Waals surface area contributed by atoms with E-state index in [0.717, 1.165) is 50.0 Å². The molecule has 2 heterocycles. The molecule has 2 aliphatic carbocycles. The quantitative estimate of drug-likeness (QED) is 0.193. The number of benzene rings is 7. The second-order valence-electron chi connectivity index (χ2n) is 13.4. The molecule has 2 aromatic heterocycles. The molecule has 50 heavy (non-hydrogen) atoms. The fourth-order valence-corrected chi connectivity index (χ4v) is 8.89. The Hall–Kier alpha value is -6.51. The van der Waals surface area contributed by atoms with E-state index in [4.69, 9.17) is 9.40 Å². The lowest BCUT2D eigenvalue weighted by Crippen LogP contribution is -2.25. The first-order valence-corrected chi connectivity index (χ1v) is 17.2. The number of fused-ring (bicyclic) bond motifs is 14. The number of hydrogen-bond donors (Lipinski definition) is 0. The van der Waals surface area contributed by atoms with Crippen molar-refractivity contribution in [2.24, 2.45) is 0 Å². The van der Waals surface area contributed by atoms with Crippen molar-refractivity contribution >= 4 is 21.9 Å². The van der Waals surface area contributed by atoms with Gasteiger partial charge in [-0.1, -0.05) is 158 Å². The van der Waals surface area contributed by atoms with E-state index in [1.165, 1.54) is 50.1 Å². The van der Waals surface area contributed by atoms with Crippen LogP contribution in [0, 0.1) is 0 Å². The third-order valence-corrected chi connectivity index (χ3v) is 10.9. The maximum Gasteiger partial charge on any atom is 0.143 e. The van der Waals surface area contributed by atoms with Gasteiger partial charge in [-0.2, -0.15) is 0 Å². The van der Waals surface area contributed by atoms with Gasteiger partial charge in [-0.15, -0.1) is 0 Å². The molecule has 2 nitrogen and oxygen atoms in total. The van der Waals surface area contributed by atoms with Crippen molar-refractivity contribution in [2.45, 2.75) is 5.41 Å². The van der Waals surface area contributed by atoms with Gasteiger partial charge in [0.1, 0.15) is 11.2 Å². The van der Waals surface area contributed by atoms with E-state index in [0.29, 0.717) is 0 Å². The lowest BCUT2D eigenvalue weighted by atomic mass is 9.70. The first kappa shape index (κ1) is 27.4. The van der Waals surface area contributed by atoms with Crippen LogP contribution < -0.4 is 0 Å². The Balaban J connectivity index is 1.23. The zero-order chi connectivity index (χ0) is 32.8. The topological polar surface area (TPSA) is 26.0 Å². The monoisotopic (exact) mass is 635 g/mol. The molecule has 2 heteroatoms. The Morgan fingerprint density at radius 3 is 1.62 bits per heavy atom. The highest BCUT2D eigenvalue weighted by Crippen LogP contribution is 2.65. The van der Waals surface area contributed by atoms with Crippen molar-refractivity contribution in [3.05, 3.63) is 198 Å². The second kappa shape index (κ2) is 10.2. The van der Waals surface area contributed by atoms with E-state index >= 15 is 0 Å². The van der Waals surface area contributed by atoms with E-state index in [-0.39, 0.29) is 0 Å². The van der Waals surface area contributed by atoms with Gasteiger partial charge in [0.25, 0.3) is 0 Å². The summed E-state index contributed by atoms with van der Waals surface area (Å²) in [6.45, 7) is 0. The number of nitrogens with zero attached hydrogens (tertiary/aromatic N) is 1. The highest BCUT2D eigenvalue weighted by Gasteiger charge is 2.53. The minimum atomic E-state index is -0.488. The molecule has 11 rings (SSSR count). The molecule has 0 fully saturated rings. The van der Waals surface area contributed by atoms with Crippen LogP contribution in [0.3, 0.4) is 0 Å². The predicted molar refractivity (Wildman–Crippen MR) is 204 cm³/mol. The van der Waals surface area contributed by atoms with E-state index in [1.54, 1.807) is 0 Å². The molecule has 9 aromatic rings. The summed E-state index contributed by atoms with van der Waals surface area (Å²) >= 11 is 0. The Morgan fingerprint density at radius 1 is 0.380 bits per heavy atom. The van der Waals surface area contributed by atoms with E-state index < -0.39 is 5.41 Å². The van der Waals surface area contributed by atoms with Crippen LogP contribution in [0.15, 0.2) is 180 Å². The molecule has 0 saturated heterocycles. The third-order valence-electron chi connectivity index (χ3n) is 10.9. The maximum absolute atomic E-state index is 6.73. The summed E-state index contributed by atoms with van der Waals surface area (Å²) in [5.74, 6) is 0. The summed E-state index contributed by atoms with van der Waals surface area (Å²) in [6, 6.07) is 63.5. The minimum absolute atomic E-state index is 0.488. The highest BCUT2D eigenvalue weighted by atomic mass is 16.3. The van der Waals surface area contributed by atoms with Crippen LogP contribution in [0.1, 0.15) is 22.3 Å². The van der Waals surface area contributed by atoms with E-state index in [9.17, 15) is 0 Å². The van der Waals surface area contributed by atoms with E-state index in [2.05, 4.69) is 176 Å². The summed E-state index contributed by atoms with van der Waals surface area (Å²) in [7, 11) is 0. The molecule has 0 amide bonds. The van der Waals surface area contributed by atoms with Gasteiger partial charge in [-0.3, -0.25) is 0 Å². The molecule has 1 atom stereocenters. The third kappa shape index (κ3) is 3.60. The number of rotatable bonds is 3. The summed E-state index contributed by atoms with van der Waals surface area (Å²) in [6.07, 6.45) is 0. The first-order chi connectivity index (χ1) is 24.8. The zero-order valence-corrected chi connectivity index (χ0v) is 27.1. The number of para-hydroxylation sites is 1. The summed E-state index contributed by atoms with van der Waals surface area (Å²) in [5.41, 5.74) is 18.1. The van der Waals surface area contributed by atoms with Crippen molar-refractivity contribution in [3.63, 3.8) is 0 Å². The predicted octanol–water partition coefficient (Wildman–Crippen LogP) is 12.3. The number of hydrogen-bond acceptors (Lipinski definition) is 2. The molecule has 2 aliphatic rings. The van der Waals surface area contributed by atoms with Gasteiger partial charge in [-0.25, -0.2) is 4.98 Å². The number of pyridine rings is 1. The Bertz CT molecular complexity index is 2750. The van der Waals surface area contributed by atoms with Gasteiger partial charge < -0.3 is 4.42 Å². The summed E-state index contributed by atoms with van der Waals surface area (Å²) in [5, 5.41) is 2.31. The molecule has 1 unspecified atom stereocenters. The summed E-state index contributed by atoms with van der Waals surface area (Å²) < 4.78 is 6.73. The van der Waals surface area contributed by atoms with Crippen molar-refractivity contribution in [1.82, 2.24) is 4.98 Å². The van der Waals surface area contributed by atoms with Crippen LogP contribution in [0.5, 0.6) is 0 Å². The fraction of sp³-hybridized carbons (Fsp3) is 0.0208. The molecule has 0 radical (unpaired) electrons. The number of aromatic nitrogens is 1. The standard InChI is InChI=1S/C48H29NO/c1-3-14-30(15-4-1)42-28-32(29-43(49-42)31-16-5-2-6-17-31)33-21-13-24-40-45(33)36-19-7-10-22-38(36)48(40)39-23-11-8-20-37(39)46-41(48)27-26-35-34-18-9-12-25-44(34)50-47(35)46/h1-29H. The normalized spacial score (nSPS) is 15.3. The minimum Gasteiger partial charge on any atom is -0.455 e. The van der Waals surface area contributed by atoms with Crippen LogP contribution in [0.2, 0.25) is 0 Å². The Morgan fingerprint density at radius 2 is 0.920 bits per heavy atom. The van der Waals surface area contributed by atoms with Gasteiger partial charge >= 0.3 is 0 Å². The Labute approximate surface area is 290 Å². The van der Waals surface area contributed by atoms with Gasteiger partial charge in [0.15, 0.2) is 0 Å². The lowest BCUT2D eigenvalue weighted by Gasteiger charge is -2.30. The van der Waals surface area contributed by atoms with E-state index in [1.807, 2.05) is 0 Å². The molecule has 7 aromatic carbocycles. The molecular weight excluding hydrogens is 607 g/mol. The van der Waals surface area contributed by atoms with Gasteiger partial charge in [-0.05, 0) is 68.3 Å². The molecule has 0 bridgehead atoms. The van der Waals surface area contributed by atoms with Gasteiger partial charge in [0.2, 0.25) is 0 Å². The largest absolute Gasteiger partial charge is 0.455 e. The van der Waals surface area contributed by atoms with Crippen molar-refractivity contribution in [3.8, 4) is 55.9 Å². The SMILES string of the molecule is c1ccc(-c2cc(-c3cccc4c3-c3ccccc3C43c4ccccc4-c4c3ccc3c4oc4ccccc43)cc(-c3ccccc3)n2)cc1. The van der Waals surface area contributed by atoms with Crippen molar-refractivity contribution < 1.29 is 4.42 Å². The molecule has 0 aliphatic heterocycles. The highest BCUT2D eigenvalue weighted by molar-refractivity contribution is 6.13. The smallest absolute Gasteiger partial charge is 0.143 e. The van der Waals surface area contributed by atoms with Crippen molar-refractivity contribution in [1.29, 1.82) is 0 Å². The van der Waals surface area contributed by atoms with Crippen LogP contribution in [-0.4, -0.2) is 4.98 Å². The average Bonchev–Trinajstić information content (AvgIpc) is 3.82. The second-order valence-corrected chi connectivity index (χ2v) is 13.4. The Kier molecular flexibility index (Phi) is 5.62. The average molecular weight is 636 g/mol. The fourth-order valence-electron chi connectivity index (χ4n) is 8.89. The molecular formula is C48H29NO. The lowest BCUT2D eigenvalue weighted by molar-refractivity contribution is 0.669. The first-order valence-electron chi connectivity index (χ1n) is 17.2. The molecule has 232 valence electrons. The zero-order valence-electron chi connectivity index (χ0n) is 27.1. The maximum atomic E-state index is 6.73. The van der Waals surface area contributed by atoms with Gasteiger partial charge in [0, 0.05) is 27.5 Å². The molecule has 0 saturated carbocycles.